The van der Waals surface area contributed by atoms with Gasteiger partial charge in [0, 0.05) is 29.2 Å². The highest BCUT2D eigenvalue weighted by Gasteiger charge is 2.46. The quantitative estimate of drug-likeness (QED) is 0.415. The van der Waals surface area contributed by atoms with Gasteiger partial charge in [0.05, 0.1) is 12.0 Å². The smallest absolute Gasteiger partial charge is 0.254 e. The first-order valence-corrected chi connectivity index (χ1v) is 12.7. The third kappa shape index (κ3) is 4.47. The number of carbonyl (C=O) groups is 2. The van der Waals surface area contributed by atoms with Gasteiger partial charge in [0.25, 0.3) is 5.91 Å². The fourth-order valence-electron chi connectivity index (χ4n) is 4.77. The summed E-state index contributed by atoms with van der Waals surface area (Å²) in [4.78, 5) is 32.7. The molecule has 4 nitrogen and oxygen atoms in total. The van der Waals surface area contributed by atoms with Crippen LogP contribution in [-0.4, -0.2) is 29.8 Å². The number of benzene rings is 2. The summed E-state index contributed by atoms with van der Waals surface area (Å²) in [5.41, 5.74) is 3.61. The number of hydrogen-bond acceptors (Lipinski definition) is 3. The van der Waals surface area contributed by atoms with E-state index in [2.05, 4.69) is 39.0 Å². The van der Waals surface area contributed by atoms with Crippen molar-refractivity contribution < 1.29 is 9.59 Å². The van der Waals surface area contributed by atoms with Crippen LogP contribution in [0.5, 0.6) is 0 Å². The molecule has 1 aliphatic heterocycles. The molecule has 2 aromatic carbocycles. The number of hydrogen-bond donors (Lipinski definition) is 0. The third-order valence-corrected chi connectivity index (χ3v) is 7.28. The third-order valence-electron chi connectivity index (χ3n) is 6.34. The van der Waals surface area contributed by atoms with E-state index in [9.17, 15) is 9.59 Å². The van der Waals surface area contributed by atoms with Crippen molar-refractivity contribution in [3.63, 3.8) is 0 Å². The fraction of sp³-hybridized carbons (Fsp3) is 0.357. The Morgan fingerprint density at radius 3 is 2.36 bits per heavy atom. The summed E-state index contributed by atoms with van der Waals surface area (Å²) in [6.07, 6.45) is 0.961. The Morgan fingerprint density at radius 2 is 1.76 bits per heavy atom. The van der Waals surface area contributed by atoms with Crippen LogP contribution in [-0.2, 0) is 11.2 Å². The second-order valence-electron chi connectivity index (χ2n) is 8.98. The first kappa shape index (κ1) is 23.2. The highest BCUT2D eigenvalue weighted by atomic mass is 32.1. The van der Waals surface area contributed by atoms with Gasteiger partial charge in [-0.2, -0.15) is 0 Å². The van der Waals surface area contributed by atoms with E-state index in [1.807, 2.05) is 64.6 Å². The molecule has 2 atom stereocenters. The Morgan fingerprint density at radius 1 is 1.03 bits per heavy atom. The van der Waals surface area contributed by atoms with Crippen LogP contribution in [0.25, 0.3) is 0 Å². The molecule has 2 unspecified atom stereocenters. The number of likely N-dealkylation sites (N-methyl/N-ethyl adjacent to an activating group) is 1. The molecule has 2 amide bonds. The summed E-state index contributed by atoms with van der Waals surface area (Å²) in [5.74, 6) is -0.116. The van der Waals surface area contributed by atoms with E-state index in [-0.39, 0.29) is 17.9 Å². The minimum atomic E-state index is -0.456. The van der Waals surface area contributed by atoms with Gasteiger partial charge in [0.2, 0.25) is 5.91 Å². The zero-order valence-electron chi connectivity index (χ0n) is 19.8. The molecule has 0 N–H and O–H groups in total. The summed E-state index contributed by atoms with van der Waals surface area (Å²) in [5, 5.41) is 2.02. The van der Waals surface area contributed by atoms with Gasteiger partial charge in [-0.3, -0.25) is 9.59 Å². The molecular formula is C28H32N2O2S. The molecule has 2 heterocycles. The van der Waals surface area contributed by atoms with Gasteiger partial charge in [-0.05, 0) is 60.0 Å². The van der Waals surface area contributed by atoms with Crippen molar-refractivity contribution in [2.45, 2.75) is 46.1 Å². The summed E-state index contributed by atoms with van der Waals surface area (Å²) in [6.45, 7) is 9.54. The molecule has 172 valence electrons. The Balaban J connectivity index is 1.85. The largest absolute Gasteiger partial charge is 0.329 e. The van der Waals surface area contributed by atoms with Crippen molar-refractivity contribution >= 4 is 28.8 Å². The summed E-state index contributed by atoms with van der Waals surface area (Å²) >= 11 is 1.61. The summed E-state index contributed by atoms with van der Waals surface area (Å²) < 4.78 is 0. The van der Waals surface area contributed by atoms with Crippen LogP contribution in [0.15, 0.2) is 66.0 Å². The van der Waals surface area contributed by atoms with Crippen molar-refractivity contribution in [2.24, 2.45) is 5.92 Å². The van der Waals surface area contributed by atoms with Crippen LogP contribution >= 0.6 is 11.3 Å². The lowest BCUT2D eigenvalue weighted by Crippen LogP contribution is -2.49. The van der Waals surface area contributed by atoms with Crippen LogP contribution in [0, 0.1) is 5.92 Å². The van der Waals surface area contributed by atoms with E-state index in [0.29, 0.717) is 24.6 Å². The highest BCUT2D eigenvalue weighted by molar-refractivity contribution is 7.10. The monoisotopic (exact) mass is 460 g/mol. The zero-order valence-corrected chi connectivity index (χ0v) is 20.6. The second kappa shape index (κ2) is 9.92. The molecule has 33 heavy (non-hydrogen) atoms. The first-order valence-electron chi connectivity index (χ1n) is 11.8. The van der Waals surface area contributed by atoms with Gasteiger partial charge < -0.3 is 9.80 Å². The van der Waals surface area contributed by atoms with Gasteiger partial charge in [-0.15, -0.1) is 11.3 Å². The molecule has 0 bridgehead atoms. The van der Waals surface area contributed by atoms with E-state index in [0.717, 1.165) is 22.5 Å². The number of thiophene rings is 1. The molecule has 1 aromatic heterocycles. The Labute approximate surface area is 200 Å². The molecule has 0 fully saturated rings. The summed E-state index contributed by atoms with van der Waals surface area (Å²) in [7, 11) is 0. The number of nitrogens with zero attached hydrogens (tertiary/aromatic N) is 2. The molecule has 4 rings (SSSR count). The number of aryl methyl sites for hydroxylation is 1. The highest BCUT2D eigenvalue weighted by Crippen LogP contribution is 2.45. The van der Waals surface area contributed by atoms with Crippen LogP contribution in [0.3, 0.4) is 0 Å². The Kier molecular flexibility index (Phi) is 6.99. The number of rotatable bonds is 7. The molecule has 5 heteroatoms. The van der Waals surface area contributed by atoms with Crippen molar-refractivity contribution in [3.8, 4) is 0 Å². The number of anilines is 1. The Bertz CT molecular complexity index is 1110. The summed E-state index contributed by atoms with van der Waals surface area (Å²) in [6, 6.07) is 19.6. The van der Waals surface area contributed by atoms with E-state index in [1.54, 1.807) is 11.3 Å². The maximum absolute atomic E-state index is 14.3. The van der Waals surface area contributed by atoms with Gasteiger partial charge >= 0.3 is 0 Å². The minimum Gasteiger partial charge on any atom is -0.329 e. The molecule has 0 radical (unpaired) electrons. The van der Waals surface area contributed by atoms with Gasteiger partial charge in [0.15, 0.2) is 0 Å². The molecule has 1 aliphatic rings. The van der Waals surface area contributed by atoms with Crippen molar-refractivity contribution in [1.82, 2.24) is 4.90 Å². The van der Waals surface area contributed by atoms with Crippen molar-refractivity contribution in [2.75, 3.05) is 18.0 Å². The molecule has 0 saturated carbocycles. The molecule has 3 aromatic rings. The number of fused-ring (bicyclic) bond motifs is 1. The van der Waals surface area contributed by atoms with Gasteiger partial charge in [-0.1, -0.05) is 57.2 Å². The fourth-order valence-corrected chi connectivity index (χ4v) is 5.65. The van der Waals surface area contributed by atoms with Crippen molar-refractivity contribution in [1.29, 1.82) is 0 Å². The zero-order chi connectivity index (χ0) is 23.5. The van der Waals surface area contributed by atoms with Crippen LogP contribution in [0.1, 0.15) is 66.0 Å². The lowest BCUT2D eigenvalue weighted by atomic mass is 9.80. The van der Waals surface area contributed by atoms with Gasteiger partial charge in [0.1, 0.15) is 0 Å². The minimum absolute atomic E-state index is 0.0112. The normalized spacial score (nSPS) is 17.8. The predicted molar refractivity (Wildman–Crippen MR) is 136 cm³/mol. The maximum Gasteiger partial charge on any atom is 0.254 e. The van der Waals surface area contributed by atoms with Crippen LogP contribution in [0.4, 0.5) is 5.69 Å². The first-order chi connectivity index (χ1) is 16.0. The molecule has 0 saturated heterocycles. The SMILES string of the molecule is CCc1ccc(N(CC)C(=O)C2c3ccccc3C(=O)N(CC(C)C)C2c2cccs2)cc1. The van der Waals surface area contributed by atoms with Crippen molar-refractivity contribution in [3.05, 3.63) is 87.6 Å². The average molecular weight is 461 g/mol. The molecule has 0 aliphatic carbocycles. The average Bonchev–Trinajstić information content (AvgIpc) is 3.36. The standard InChI is InChI=1S/C28H32N2O2S/c1-5-20-13-15-21(16-14-20)29(6-2)28(32)25-22-10-7-8-11-23(22)27(31)30(18-19(3)4)26(25)24-12-9-17-33-24/h7-17,19,25-26H,5-6,18H2,1-4H3. The van der Waals surface area contributed by atoms with E-state index in [1.165, 1.54) is 5.56 Å². The van der Waals surface area contributed by atoms with Crippen LogP contribution in [0.2, 0.25) is 0 Å². The maximum atomic E-state index is 14.3. The van der Waals surface area contributed by atoms with E-state index < -0.39 is 5.92 Å². The lowest BCUT2D eigenvalue weighted by molar-refractivity contribution is -0.121. The van der Waals surface area contributed by atoms with Crippen LogP contribution < -0.4 is 4.90 Å². The lowest BCUT2D eigenvalue weighted by Gasteiger charge is -2.43. The second-order valence-corrected chi connectivity index (χ2v) is 9.96. The number of amides is 2. The number of carbonyl (C=O) groups excluding carboxylic acids is 2. The van der Waals surface area contributed by atoms with E-state index in [4.69, 9.17) is 0 Å². The topological polar surface area (TPSA) is 40.6 Å². The van der Waals surface area contributed by atoms with E-state index >= 15 is 0 Å². The van der Waals surface area contributed by atoms with Gasteiger partial charge in [-0.25, -0.2) is 0 Å². The predicted octanol–water partition coefficient (Wildman–Crippen LogP) is 6.30. The molecular weight excluding hydrogens is 428 g/mol. The molecule has 0 spiro atoms. The Hall–Kier alpha value is -2.92.